The Morgan fingerprint density at radius 3 is 2.53 bits per heavy atom. The largest absolute Gasteiger partial charge is 0.287 e. The first kappa shape index (κ1) is 20.5. The molecule has 3 aromatic heterocycles. The van der Waals surface area contributed by atoms with Crippen molar-refractivity contribution in [2.24, 2.45) is 0 Å². The molecule has 5 rings (SSSR count). The highest BCUT2D eigenvalue weighted by atomic mass is 32.1. The summed E-state index contributed by atoms with van der Waals surface area (Å²) in [6, 6.07) is 23.9. The van der Waals surface area contributed by atoms with Gasteiger partial charge in [0.25, 0.3) is 0 Å². The van der Waals surface area contributed by atoms with E-state index in [-0.39, 0.29) is 12.3 Å². The molecule has 0 bridgehead atoms. The monoisotopic (exact) mass is 456 g/mol. The average Bonchev–Trinajstić information content (AvgIpc) is 3.47. The fourth-order valence-corrected chi connectivity index (χ4v) is 5.24. The highest BCUT2D eigenvalue weighted by molar-refractivity contribution is 7.22. The summed E-state index contributed by atoms with van der Waals surface area (Å²) in [5.74, 6) is -0.00198. The third kappa shape index (κ3) is 4.59. The van der Waals surface area contributed by atoms with Gasteiger partial charge in [0.05, 0.1) is 28.0 Å². The van der Waals surface area contributed by atoms with Crippen LogP contribution in [0.25, 0.3) is 20.9 Å². The second kappa shape index (κ2) is 9.38. The molecule has 0 atom stereocenters. The average molecular weight is 457 g/mol. The quantitative estimate of drug-likeness (QED) is 0.318. The Hall–Kier alpha value is -3.42. The summed E-state index contributed by atoms with van der Waals surface area (Å²) in [7, 11) is 0. The van der Waals surface area contributed by atoms with Crippen LogP contribution in [0.15, 0.2) is 84.4 Å². The zero-order valence-electron chi connectivity index (χ0n) is 17.2. The van der Waals surface area contributed by atoms with Gasteiger partial charge < -0.3 is 0 Å². The van der Waals surface area contributed by atoms with E-state index in [1.807, 2.05) is 66.0 Å². The summed E-state index contributed by atoms with van der Waals surface area (Å²) >= 11 is 3.06. The van der Waals surface area contributed by atoms with E-state index in [9.17, 15) is 4.79 Å². The predicted octanol–water partition coefficient (Wildman–Crippen LogP) is 5.63. The maximum atomic E-state index is 13.4. The minimum absolute atomic E-state index is 0.00198. The molecule has 32 heavy (non-hydrogen) atoms. The van der Waals surface area contributed by atoms with Crippen LogP contribution in [-0.4, -0.2) is 27.4 Å². The number of aromatic nitrogens is 3. The van der Waals surface area contributed by atoms with Crippen molar-refractivity contribution in [2.45, 2.75) is 12.8 Å². The fourth-order valence-electron chi connectivity index (χ4n) is 3.43. The van der Waals surface area contributed by atoms with Gasteiger partial charge in [-0.25, -0.2) is 9.97 Å². The number of hydrogen-bond acceptors (Lipinski definition) is 6. The molecule has 0 aliphatic carbocycles. The van der Waals surface area contributed by atoms with Crippen LogP contribution in [-0.2, 0) is 17.6 Å². The van der Waals surface area contributed by atoms with Crippen molar-refractivity contribution in [3.63, 3.8) is 0 Å². The van der Waals surface area contributed by atoms with Crippen LogP contribution in [0.1, 0.15) is 11.3 Å². The fraction of sp³-hybridized carbons (Fsp3) is 0.120. The molecule has 0 saturated carbocycles. The third-order valence-corrected chi connectivity index (χ3v) is 7.02. The van der Waals surface area contributed by atoms with Gasteiger partial charge in [-0.3, -0.25) is 14.7 Å². The van der Waals surface area contributed by atoms with E-state index >= 15 is 0 Å². The molecule has 0 saturated heterocycles. The summed E-state index contributed by atoms with van der Waals surface area (Å²) in [5.41, 5.74) is 3.68. The first-order chi connectivity index (χ1) is 15.8. The minimum Gasteiger partial charge on any atom is -0.287 e. The molecule has 0 fully saturated rings. The molecule has 5 nitrogen and oxygen atoms in total. The lowest BCUT2D eigenvalue weighted by atomic mass is 10.1. The van der Waals surface area contributed by atoms with Crippen molar-refractivity contribution in [1.29, 1.82) is 0 Å². The van der Waals surface area contributed by atoms with Gasteiger partial charge in [0, 0.05) is 18.1 Å². The van der Waals surface area contributed by atoms with Crippen LogP contribution >= 0.6 is 22.7 Å². The zero-order chi connectivity index (χ0) is 21.8. The van der Waals surface area contributed by atoms with E-state index in [1.54, 1.807) is 22.4 Å². The topological polar surface area (TPSA) is 59.0 Å². The number of anilines is 1. The standard InChI is InChI=1S/C25H20N4OS2/c30-23(16-19-17-31-24(27-19)21-11-6-7-14-26-21)29(15-13-18-8-2-1-3-9-18)25-28-20-10-4-5-12-22(20)32-25/h1-12,14,17H,13,15-16H2. The lowest BCUT2D eigenvalue weighted by Crippen LogP contribution is -2.34. The van der Waals surface area contributed by atoms with Gasteiger partial charge in [-0.1, -0.05) is 59.9 Å². The first-order valence-electron chi connectivity index (χ1n) is 10.3. The van der Waals surface area contributed by atoms with Crippen molar-refractivity contribution >= 4 is 43.9 Å². The number of carbonyl (C=O) groups is 1. The SMILES string of the molecule is O=C(Cc1csc(-c2ccccn2)n1)N(CCc1ccccc1)c1nc2ccccc2s1. The van der Waals surface area contributed by atoms with E-state index in [2.05, 4.69) is 22.1 Å². The Labute approximate surface area is 194 Å². The van der Waals surface area contributed by atoms with E-state index in [4.69, 9.17) is 4.98 Å². The first-order valence-corrected chi connectivity index (χ1v) is 12.0. The van der Waals surface area contributed by atoms with E-state index < -0.39 is 0 Å². The molecule has 1 amide bonds. The van der Waals surface area contributed by atoms with Gasteiger partial charge in [0.15, 0.2) is 5.13 Å². The second-order valence-electron chi connectivity index (χ2n) is 7.28. The number of rotatable bonds is 7. The Bertz CT molecular complexity index is 1300. The van der Waals surface area contributed by atoms with Crippen molar-refractivity contribution in [3.05, 3.63) is 95.6 Å². The molecule has 0 radical (unpaired) electrons. The number of thiazole rings is 2. The number of carbonyl (C=O) groups excluding carboxylic acids is 1. The van der Waals surface area contributed by atoms with Gasteiger partial charge in [0.2, 0.25) is 5.91 Å². The van der Waals surface area contributed by atoms with Crippen LogP contribution < -0.4 is 4.90 Å². The molecule has 7 heteroatoms. The van der Waals surface area contributed by atoms with Gasteiger partial charge >= 0.3 is 0 Å². The second-order valence-corrected chi connectivity index (χ2v) is 9.15. The highest BCUT2D eigenvalue weighted by Crippen LogP contribution is 2.29. The maximum Gasteiger partial charge on any atom is 0.234 e. The highest BCUT2D eigenvalue weighted by Gasteiger charge is 2.21. The number of amides is 1. The smallest absolute Gasteiger partial charge is 0.234 e. The summed E-state index contributed by atoms with van der Waals surface area (Å²) in [5, 5.41) is 3.49. The number of para-hydroxylation sites is 1. The van der Waals surface area contributed by atoms with Gasteiger partial charge in [-0.15, -0.1) is 11.3 Å². The Kier molecular flexibility index (Phi) is 6.00. The molecular weight excluding hydrogens is 436 g/mol. The summed E-state index contributed by atoms with van der Waals surface area (Å²) < 4.78 is 1.08. The van der Waals surface area contributed by atoms with E-state index in [0.29, 0.717) is 6.54 Å². The minimum atomic E-state index is -0.00198. The third-order valence-electron chi connectivity index (χ3n) is 5.05. The molecule has 0 unspecified atom stereocenters. The molecule has 0 N–H and O–H groups in total. The normalized spacial score (nSPS) is 11.0. The molecular formula is C25H20N4OS2. The summed E-state index contributed by atoms with van der Waals surface area (Å²) in [6.07, 6.45) is 2.74. The van der Waals surface area contributed by atoms with Gasteiger partial charge in [-0.05, 0) is 36.2 Å². The van der Waals surface area contributed by atoms with Gasteiger partial charge in [0.1, 0.15) is 5.01 Å². The summed E-state index contributed by atoms with van der Waals surface area (Å²) in [4.78, 5) is 28.9. The maximum absolute atomic E-state index is 13.4. The van der Waals surface area contributed by atoms with Crippen LogP contribution in [0, 0.1) is 0 Å². The molecule has 158 valence electrons. The zero-order valence-corrected chi connectivity index (χ0v) is 18.9. The summed E-state index contributed by atoms with van der Waals surface area (Å²) in [6.45, 7) is 0.569. The number of nitrogens with zero attached hydrogens (tertiary/aromatic N) is 4. The van der Waals surface area contributed by atoms with Gasteiger partial charge in [-0.2, -0.15) is 0 Å². The van der Waals surface area contributed by atoms with E-state index in [0.717, 1.165) is 38.2 Å². The van der Waals surface area contributed by atoms with Crippen molar-refractivity contribution < 1.29 is 4.79 Å². The predicted molar refractivity (Wildman–Crippen MR) is 131 cm³/mol. The molecule has 2 aromatic carbocycles. The molecule has 0 spiro atoms. The van der Waals surface area contributed by atoms with Crippen LogP contribution in [0.5, 0.6) is 0 Å². The lowest BCUT2D eigenvalue weighted by Gasteiger charge is -2.19. The number of fused-ring (bicyclic) bond motifs is 1. The van der Waals surface area contributed by atoms with Crippen LogP contribution in [0.2, 0.25) is 0 Å². The number of benzene rings is 2. The molecule has 5 aromatic rings. The van der Waals surface area contributed by atoms with Crippen molar-refractivity contribution in [1.82, 2.24) is 15.0 Å². The van der Waals surface area contributed by atoms with Crippen LogP contribution in [0.4, 0.5) is 5.13 Å². The molecule has 0 aliphatic heterocycles. The number of hydrogen-bond donors (Lipinski definition) is 0. The Balaban J connectivity index is 1.39. The number of pyridine rings is 1. The molecule has 0 aliphatic rings. The lowest BCUT2D eigenvalue weighted by molar-refractivity contribution is -0.118. The van der Waals surface area contributed by atoms with E-state index in [1.165, 1.54) is 16.9 Å². The van der Waals surface area contributed by atoms with Crippen LogP contribution in [0.3, 0.4) is 0 Å². The molecule has 3 heterocycles. The van der Waals surface area contributed by atoms with Crippen molar-refractivity contribution in [2.75, 3.05) is 11.4 Å². The Morgan fingerprint density at radius 2 is 1.72 bits per heavy atom. The van der Waals surface area contributed by atoms with Crippen molar-refractivity contribution in [3.8, 4) is 10.7 Å². The Morgan fingerprint density at radius 1 is 0.906 bits per heavy atom.